The number of hydrogen-bond acceptors (Lipinski definition) is 4. The van der Waals surface area contributed by atoms with E-state index in [2.05, 4.69) is 17.2 Å². The molecule has 1 unspecified atom stereocenters. The zero-order valence-corrected chi connectivity index (χ0v) is 7.66. The fourth-order valence-corrected chi connectivity index (χ4v) is 1.87. The molecular weight excluding hydrogens is 158 g/mol. The summed E-state index contributed by atoms with van der Waals surface area (Å²) in [6.07, 6.45) is 0. The summed E-state index contributed by atoms with van der Waals surface area (Å²) in [7, 11) is 0. The summed E-state index contributed by atoms with van der Waals surface area (Å²) in [5.41, 5.74) is 5.34. The number of nitrogens with one attached hydrogen (secondary N) is 1. The average Bonchev–Trinajstić information content (AvgIpc) is 2.37. The van der Waals surface area contributed by atoms with E-state index in [-0.39, 0.29) is 0 Å². The topological polar surface area (TPSA) is 50.4 Å². The van der Waals surface area contributed by atoms with Gasteiger partial charge in [0, 0.05) is 25.4 Å². The standard InChI is InChI=1S/C7H15N3S/c1-6-10-7(5-11-6)4-9-3-2-8/h7,9H,2-5,8H2,1H3. The summed E-state index contributed by atoms with van der Waals surface area (Å²) in [4.78, 5) is 4.44. The minimum atomic E-state index is 0.478. The lowest BCUT2D eigenvalue weighted by Crippen LogP contribution is -2.30. The molecule has 0 saturated carbocycles. The Morgan fingerprint density at radius 1 is 1.82 bits per heavy atom. The first kappa shape index (κ1) is 9.03. The number of nitrogens with two attached hydrogens (primary N) is 1. The Bertz CT molecular complexity index is 147. The van der Waals surface area contributed by atoms with Crippen molar-refractivity contribution >= 4 is 16.8 Å². The van der Waals surface area contributed by atoms with E-state index in [1.807, 2.05) is 11.8 Å². The highest BCUT2D eigenvalue weighted by molar-refractivity contribution is 8.14. The zero-order valence-electron chi connectivity index (χ0n) is 6.84. The van der Waals surface area contributed by atoms with Gasteiger partial charge in [-0.2, -0.15) is 0 Å². The van der Waals surface area contributed by atoms with Crippen LogP contribution in [0.25, 0.3) is 0 Å². The minimum absolute atomic E-state index is 0.478. The van der Waals surface area contributed by atoms with Gasteiger partial charge in [0.25, 0.3) is 0 Å². The smallest absolute Gasteiger partial charge is 0.0727 e. The lowest BCUT2D eigenvalue weighted by atomic mass is 10.3. The van der Waals surface area contributed by atoms with E-state index >= 15 is 0 Å². The molecule has 1 rings (SSSR count). The van der Waals surface area contributed by atoms with Crippen LogP contribution in [0.15, 0.2) is 4.99 Å². The SMILES string of the molecule is CC1=NC(CNCCN)CS1. The normalized spacial score (nSPS) is 23.8. The minimum Gasteiger partial charge on any atom is -0.329 e. The molecule has 64 valence electrons. The number of nitrogens with zero attached hydrogens (tertiary/aromatic N) is 1. The molecule has 1 atom stereocenters. The van der Waals surface area contributed by atoms with Crippen LogP contribution in [-0.4, -0.2) is 36.5 Å². The van der Waals surface area contributed by atoms with Gasteiger partial charge in [-0.25, -0.2) is 0 Å². The maximum absolute atomic E-state index is 5.34. The predicted molar refractivity (Wildman–Crippen MR) is 51.3 cm³/mol. The first-order valence-corrected chi connectivity index (χ1v) is 4.89. The first-order chi connectivity index (χ1) is 5.33. The van der Waals surface area contributed by atoms with E-state index < -0.39 is 0 Å². The summed E-state index contributed by atoms with van der Waals surface area (Å²) in [6.45, 7) is 4.65. The quantitative estimate of drug-likeness (QED) is 0.591. The highest BCUT2D eigenvalue weighted by Crippen LogP contribution is 2.16. The first-order valence-electron chi connectivity index (χ1n) is 3.91. The Morgan fingerprint density at radius 2 is 2.64 bits per heavy atom. The molecule has 1 aliphatic rings. The van der Waals surface area contributed by atoms with E-state index in [0.717, 1.165) is 18.8 Å². The van der Waals surface area contributed by atoms with Crippen molar-refractivity contribution in [2.75, 3.05) is 25.4 Å². The average molecular weight is 173 g/mol. The van der Waals surface area contributed by atoms with Crippen LogP contribution in [0.2, 0.25) is 0 Å². The van der Waals surface area contributed by atoms with Crippen LogP contribution in [-0.2, 0) is 0 Å². The lowest BCUT2D eigenvalue weighted by molar-refractivity contribution is 0.624. The van der Waals surface area contributed by atoms with E-state index in [0.29, 0.717) is 12.6 Å². The van der Waals surface area contributed by atoms with Crippen LogP contribution >= 0.6 is 11.8 Å². The Kier molecular flexibility index (Phi) is 3.90. The zero-order chi connectivity index (χ0) is 8.10. The Hall–Kier alpha value is -0.0600. The number of aliphatic imine (C=N–C) groups is 1. The van der Waals surface area contributed by atoms with Gasteiger partial charge < -0.3 is 11.1 Å². The van der Waals surface area contributed by atoms with Gasteiger partial charge in [-0.15, -0.1) is 11.8 Å². The molecule has 0 fully saturated rings. The highest BCUT2D eigenvalue weighted by Gasteiger charge is 2.13. The summed E-state index contributed by atoms with van der Waals surface area (Å²) >= 11 is 1.84. The summed E-state index contributed by atoms with van der Waals surface area (Å²) in [5, 5.41) is 4.46. The van der Waals surface area contributed by atoms with Gasteiger partial charge in [0.1, 0.15) is 0 Å². The van der Waals surface area contributed by atoms with Gasteiger partial charge in [-0.1, -0.05) is 0 Å². The summed E-state index contributed by atoms with van der Waals surface area (Å²) in [5.74, 6) is 1.13. The van der Waals surface area contributed by atoms with Crippen molar-refractivity contribution in [3.05, 3.63) is 0 Å². The second-order valence-electron chi connectivity index (χ2n) is 2.61. The largest absolute Gasteiger partial charge is 0.329 e. The van der Waals surface area contributed by atoms with Gasteiger partial charge >= 0.3 is 0 Å². The molecule has 0 saturated heterocycles. The van der Waals surface area contributed by atoms with Gasteiger partial charge in [0.15, 0.2) is 0 Å². The third-order valence-electron chi connectivity index (χ3n) is 1.55. The van der Waals surface area contributed by atoms with Crippen LogP contribution in [0.3, 0.4) is 0 Å². The molecule has 3 nitrogen and oxygen atoms in total. The Morgan fingerprint density at radius 3 is 3.18 bits per heavy atom. The summed E-state index contributed by atoms with van der Waals surface area (Å²) < 4.78 is 0. The van der Waals surface area contributed by atoms with Gasteiger partial charge in [0.05, 0.1) is 11.1 Å². The molecule has 0 aromatic heterocycles. The van der Waals surface area contributed by atoms with Crippen molar-refractivity contribution in [2.24, 2.45) is 10.7 Å². The molecular formula is C7H15N3S. The van der Waals surface area contributed by atoms with Crippen LogP contribution < -0.4 is 11.1 Å². The van der Waals surface area contributed by atoms with Crippen LogP contribution in [0.5, 0.6) is 0 Å². The Labute approximate surface area is 71.8 Å². The lowest BCUT2D eigenvalue weighted by Gasteiger charge is -2.05. The van der Waals surface area contributed by atoms with Gasteiger partial charge in [0.2, 0.25) is 0 Å². The second kappa shape index (κ2) is 4.74. The van der Waals surface area contributed by atoms with Crippen molar-refractivity contribution in [1.29, 1.82) is 0 Å². The molecule has 3 N–H and O–H groups in total. The van der Waals surface area contributed by atoms with Crippen molar-refractivity contribution in [3.63, 3.8) is 0 Å². The van der Waals surface area contributed by atoms with Crippen LogP contribution in [0.1, 0.15) is 6.92 Å². The maximum atomic E-state index is 5.34. The van der Waals surface area contributed by atoms with E-state index in [1.165, 1.54) is 5.04 Å². The monoisotopic (exact) mass is 173 g/mol. The van der Waals surface area contributed by atoms with Crippen molar-refractivity contribution in [3.8, 4) is 0 Å². The molecule has 4 heteroatoms. The molecule has 0 aliphatic carbocycles. The molecule has 0 bridgehead atoms. The molecule has 0 aromatic rings. The number of thioether (sulfide) groups is 1. The molecule has 11 heavy (non-hydrogen) atoms. The van der Waals surface area contributed by atoms with Crippen molar-refractivity contribution in [1.82, 2.24) is 5.32 Å². The highest BCUT2D eigenvalue weighted by atomic mass is 32.2. The summed E-state index contributed by atoms with van der Waals surface area (Å²) in [6, 6.07) is 0.478. The molecule has 1 heterocycles. The number of hydrogen-bond donors (Lipinski definition) is 2. The third kappa shape index (κ3) is 3.22. The van der Waals surface area contributed by atoms with Crippen LogP contribution in [0.4, 0.5) is 0 Å². The van der Waals surface area contributed by atoms with Crippen molar-refractivity contribution < 1.29 is 0 Å². The fraction of sp³-hybridized carbons (Fsp3) is 0.857. The molecule has 0 spiro atoms. The fourth-order valence-electron chi connectivity index (χ4n) is 1.02. The van der Waals surface area contributed by atoms with E-state index in [9.17, 15) is 0 Å². The molecule has 1 aliphatic heterocycles. The predicted octanol–water partition coefficient (Wildman–Crippen LogP) is 0.0685. The third-order valence-corrected chi connectivity index (χ3v) is 2.62. The molecule has 0 aromatic carbocycles. The second-order valence-corrected chi connectivity index (χ2v) is 3.82. The van der Waals surface area contributed by atoms with E-state index in [4.69, 9.17) is 5.73 Å². The number of rotatable bonds is 4. The molecule has 0 radical (unpaired) electrons. The van der Waals surface area contributed by atoms with Crippen LogP contribution in [0, 0.1) is 0 Å². The van der Waals surface area contributed by atoms with E-state index in [1.54, 1.807) is 0 Å². The van der Waals surface area contributed by atoms with Gasteiger partial charge in [-0.3, -0.25) is 4.99 Å². The molecule has 0 amide bonds. The Balaban J connectivity index is 2.08. The van der Waals surface area contributed by atoms with Crippen molar-refractivity contribution in [2.45, 2.75) is 13.0 Å². The van der Waals surface area contributed by atoms with Gasteiger partial charge in [-0.05, 0) is 6.92 Å². The maximum Gasteiger partial charge on any atom is 0.0727 e.